The second-order valence-corrected chi connectivity index (χ2v) is 7.23. The van der Waals surface area contributed by atoms with E-state index in [-0.39, 0.29) is 11.8 Å². The number of anilines is 1. The van der Waals surface area contributed by atoms with Gasteiger partial charge >= 0.3 is 5.97 Å². The van der Waals surface area contributed by atoms with Crippen LogP contribution in [0.4, 0.5) is 5.00 Å². The summed E-state index contributed by atoms with van der Waals surface area (Å²) in [6, 6.07) is 2.40. The Hall–Kier alpha value is -2.99. The highest BCUT2D eigenvalue weighted by Crippen LogP contribution is 2.36. The Morgan fingerprint density at radius 2 is 1.96 bits per heavy atom. The molecule has 0 saturated carbocycles. The second-order valence-electron chi connectivity index (χ2n) is 6.31. The van der Waals surface area contributed by atoms with Crippen LogP contribution in [0.15, 0.2) is 23.6 Å². The minimum absolute atomic E-state index is 0.317. The van der Waals surface area contributed by atoms with Crippen molar-refractivity contribution >= 4 is 40.0 Å². The fourth-order valence-corrected chi connectivity index (χ4v) is 3.98. The van der Waals surface area contributed by atoms with Crippen molar-refractivity contribution in [3.05, 3.63) is 29.2 Å². The van der Waals surface area contributed by atoms with Gasteiger partial charge in [-0.25, -0.2) is 4.79 Å². The van der Waals surface area contributed by atoms with Crippen LogP contribution in [0, 0.1) is 23.2 Å². The van der Waals surface area contributed by atoms with Crippen molar-refractivity contribution in [3.63, 3.8) is 0 Å². The third-order valence-corrected chi connectivity index (χ3v) is 5.48. The number of hydrogen-bond donors (Lipinski definition) is 1. The van der Waals surface area contributed by atoms with Crippen LogP contribution in [-0.4, -0.2) is 41.2 Å². The number of carbonyl (C=O) groups excluding carboxylic acids is 4. The van der Waals surface area contributed by atoms with Crippen molar-refractivity contribution in [2.75, 3.05) is 11.9 Å². The van der Waals surface area contributed by atoms with Crippen LogP contribution >= 0.6 is 11.3 Å². The van der Waals surface area contributed by atoms with E-state index in [2.05, 4.69) is 5.32 Å². The molecule has 0 aromatic carbocycles. The first-order valence-corrected chi connectivity index (χ1v) is 9.28. The van der Waals surface area contributed by atoms with Gasteiger partial charge in [-0.15, -0.1) is 11.3 Å². The molecule has 9 heteroatoms. The van der Waals surface area contributed by atoms with Gasteiger partial charge in [0, 0.05) is 0 Å². The van der Waals surface area contributed by atoms with E-state index in [1.165, 1.54) is 18.3 Å². The van der Waals surface area contributed by atoms with Gasteiger partial charge in [0.25, 0.3) is 5.91 Å². The van der Waals surface area contributed by atoms with Crippen LogP contribution in [0.1, 0.15) is 25.3 Å². The summed E-state index contributed by atoms with van der Waals surface area (Å²) < 4.78 is 4.96. The molecule has 1 fully saturated rings. The first kappa shape index (κ1) is 18.8. The number of thiophene rings is 1. The van der Waals surface area contributed by atoms with Gasteiger partial charge < -0.3 is 10.1 Å². The Morgan fingerprint density at radius 1 is 1.33 bits per heavy atom. The lowest BCUT2D eigenvalue weighted by atomic mass is 9.85. The Labute approximate surface area is 159 Å². The van der Waals surface area contributed by atoms with E-state index in [4.69, 9.17) is 10.00 Å². The third-order valence-electron chi connectivity index (χ3n) is 4.65. The zero-order valence-electron chi connectivity index (χ0n) is 14.5. The molecule has 0 spiro atoms. The number of carbonyl (C=O) groups is 4. The topological polar surface area (TPSA) is 117 Å². The molecule has 1 saturated heterocycles. The summed E-state index contributed by atoms with van der Waals surface area (Å²) in [5.41, 5.74) is 0.317. The standard InChI is InChI=1S/C18H17N3O5S/c1-10(21-16(23)12-4-2-3-5-13(12)17(21)24)18(25)26-9-14(22)20-15-11(8-19)6-7-27-15/h2-3,6-7,10,12-13H,4-5,9H2,1H3,(H,20,22)/t10-,12-,13-/m0/s1. The van der Waals surface area contributed by atoms with Crippen LogP contribution in [0.25, 0.3) is 0 Å². The van der Waals surface area contributed by atoms with E-state index in [1.807, 2.05) is 18.2 Å². The number of nitrogens with zero attached hydrogens (tertiary/aromatic N) is 2. The minimum Gasteiger partial charge on any atom is -0.454 e. The van der Waals surface area contributed by atoms with Crippen LogP contribution in [-0.2, 0) is 23.9 Å². The van der Waals surface area contributed by atoms with Crippen LogP contribution in [0.3, 0.4) is 0 Å². The zero-order valence-corrected chi connectivity index (χ0v) is 15.3. The molecule has 1 aromatic rings. The molecule has 140 valence electrons. The molecule has 3 atom stereocenters. The second kappa shape index (κ2) is 7.72. The number of nitrogens with one attached hydrogen (secondary N) is 1. The summed E-state index contributed by atoms with van der Waals surface area (Å²) in [5.74, 6) is -3.04. The number of allylic oxidation sites excluding steroid dienone is 2. The monoisotopic (exact) mass is 387 g/mol. The van der Waals surface area contributed by atoms with Crippen molar-refractivity contribution in [1.82, 2.24) is 4.90 Å². The van der Waals surface area contributed by atoms with E-state index in [9.17, 15) is 19.2 Å². The lowest BCUT2D eigenvalue weighted by molar-refractivity contribution is -0.159. The first-order chi connectivity index (χ1) is 12.9. The fraction of sp³-hybridized carbons (Fsp3) is 0.389. The molecular weight excluding hydrogens is 370 g/mol. The van der Waals surface area contributed by atoms with E-state index in [1.54, 1.807) is 11.4 Å². The highest BCUT2D eigenvalue weighted by atomic mass is 32.1. The molecule has 3 rings (SSSR count). The molecule has 1 aromatic heterocycles. The van der Waals surface area contributed by atoms with Gasteiger partial charge in [-0.05, 0) is 31.2 Å². The van der Waals surface area contributed by atoms with Gasteiger partial charge in [-0.1, -0.05) is 12.2 Å². The van der Waals surface area contributed by atoms with E-state index >= 15 is 0 Å². The number of ether oxygens (including phenoxy) is 1. The number of esters is 1. The van der Waals surface area contributed by atoms with Gasteiger partial charge in [-0.3, -0.25) is 19.3 Å². The van der Waals surface area contributed by atoms with Crippen LogP contribution in [0.5, 0.6) is 0 Å². The molecule has 0 radical (unpaired) electrons. The number of fused-ring (bicyclic) bond motifs is 1. The van der Waals surface area contributed by atoms with Crippen molar-refractivity contribution in [1.29, 1.82) is 5.26 Å². The fourth-order valence-electron chi connectivity index (χ4n) is 3.23. The summed E-state index contributed by atoms with van der Waals surface area (Å²) in [5, 5.41) is 13.4. The summed E-state index contributed by atoms with van der Waals surface area (Å²) >= 11 is 1.18. The SMILES string of the molecule is C[C@@H](C(=O)OCC(=O)Nc1sccc1C#N)N1C(=O)[C@H]2CC=CC[C@@H]2C1=O. The highest BCUT2D eigenvalue weighted by molar-refractivity contribution is 7.14. The predicted molar refractivity (Wildman–Crippen MR) is 95.3 cm³/mol. The average Bonchev–Trinajstić information content (AvgIpc) is 3.22. The van der Waals surface area contributed by atoms with Crippen molar-refractivity contribution < 1.29 is 23.9 Å². The maximum atomic E-state index is 12.5. The highest BCUT2D eigenvalue weighted by Gasteiger charge is 2.50. The van der Waals surface area contributed by atoms with Gasteiger partial charge in [-0.2, -0.15) is 5.26 Å². The normalized spacial score (nSPS) is 22.1. The quantitative estimate of drug-likeness (QED) is 0.464. The molecular formula is C18H17N3O5S. The zero-order chi connectivity index (χ0) is 19.6. The van der Waals surface area contributed by atoms with Gasteiger partial charge in [0.2, 0.25) is 11.8 Å². The Balaban J connectivity index is 1.56. The molecule has 1 N–H and O–H groups in total. The lowest BCUT2D eigenvalue weighted by Gasteiger charge is -2.21. The first-order valence-electron chi connectivity index (χ1n) is 8.40. The van der Waals surface area contributed by atoms with Crippen molar-refractivity contribution in [2.45, 2.75) is 25.8 Å². The lowest BCUT2D eigenvalue weighted by Crippen LogP contribution is -2.45. The number of imide groups is 1. The van der Waals surface area contributed by atoms with E-state index < -0.39 is 36.4 Å². The van der Waals surface area contributed by atoms with Crippen molar-refractivity contribution in [2.24, 2.45) is 11.8 Å². The van der Waals surface area contributed by atoms with E-state index in [0.29, 0.717) is 23.4 Å². The van der Waals surface area contributed by atoms with Gasteiger partial charge in [0.15, 0.2) is 6.61 Å². The molecule has 2 aliphatic rings. The largest absolute Gasteiger partial charge is 0.454 e. The van der Waals surface area contributed by atoms with Crippen LogP contribution in [0.2, 0.25) is 0 Å². The summed E-state index contributed by atoms with van der Waals surface area (Å²) in [7, 11) is 0. The predicted octanol–water partition coefficient (Wildman–Crippen LogP) is 1.44. The molecule has 0 unspecified atom stereocenters. The van der Waals surface area contributed by atoms with Gasteiger partial charge in [0.1, 0.15) is 17.1 Å². The Kier molecular flexibility index (Phi) is 5.37. The average molecular weight is 387 g/mol. The summed E-state index contributed by atoms with van der Waals surface area (Å²) in [4.78, 5) is 50.1. The number of likely N-dealkylation sites (tertiary alicyclic amines) is 1. The Morgan fingerprint density at radius 3 is 2.56 bits per heavy atom. The van der Waals surface area contributed by atoms with Crippen molar-refractivity contribution in [3.8, 4) is 6.07 Å². The van der Waals surface area contributed by atoms with Gasteiger partial charge in [0.05, 0.1) is 17.4 Å². The third kappa shape index (κ3) is 3.61. The summed E-state index contributed by atoms with van der Waals surface area (Å²) in [6.07, 6.45) is 4.70. The number of amides is 3. The van der Waals surface area contributed by atoms with Crippen LogP contribution < -0.4 is 5.32 Å². The molecule has 8 nitrogen and oxygen atoms in total. The maximum Gasteiger partial charge on any atom is 0.329 e. The maximum absolute atomic E-state index is 12.5. The Bertz CT molecular complexity index is 843. The minimum atomic E-state index is -1.10. The number of hydrogen-bond acceptors (Lipinski definition) is 7. The molecule has 1 aliphatic heterocycles. The number of rotatable bonds is 5. The molecule has 27 heavy (non-hydrogen) atoms. The molecule has 0 bridgehead atoms. The smallest absolute Gasteiger partial charge is 0.329 e. The molecule has 3 amide bonds. The molecule has 2 heterocycles. The summed E-state index contributed by atoms with van der Waals surface area (Å²) in [6.45, 7) is 0.838. The molecule has 1 aliphatic carbocycles. The van der Waals surface area contributed by atoms with E-state index in [0.717, 1.165) is 4.90 Å². The number of nitriles is 1.